The fourth-order valence-corrected chi connectivity index (χ4v) is 1.56. The normalized spacial score (nSPS) is 29.8. The first kappa shape index (κ1) is 10.0. The average molecular weight is 185 g/mol. The van der Waals surface area contributed by atoms with Crippen LogP contribution in [0.4, 0.5) is 0 Å². The Kier molecular flexibility index (Phi) is 1.90. The lowest BCUT2D eigenvalue weighted by Crippen LogP contribution is -2.43. The van der Waals surface area contributed by atoms with Crippen LogP contribution in [0.15, 0.2) is 0 Å². The largest absolute Gasteiger partial charge is 0.458 e. The van der Waals surface area contributed by atoms with Crippen molar-refractivity contribution in [2.45, 2.75) is 33.3 Å². The number of esters is 1. The van der Waals surface area contributed by atoms with Gasteiger partial charge in [-0.3, -0.25) is 9.59 Å². The second-order valence-electron chi connectivity index (χ2n) is 4.49. The lowest BCUT2D eigenvalue weighted by atomic mass is 9.70. The summed E-state index contributed by atoms with van der Waals surface area (Å²) in [5, 5.41) is 0. The Morgan fingerprint density at radius 1 is 1.38 bits per heavy atom. The number of ether oxygens (including phenoxy) is 1. The van der Waals surface area contributed by atoms with Crippen molar-refractivity contribution >= 4 is 11.9 Å². The number of nitrogens with two attached hydrogens (primary N) is 1. The molecule has 1 aliphatic rings. The van der Waals surface area contributed by atoms with E-state index in [1.807, 2.05) is 13.8 Å². The van der Waals surface area contributed by atoms with Crippen LogP contribution in [-0.2, 0) is 14.3 Å². The molecule has 1 amide bonds. The van der Waals surface area contributed by atoms with E-state index in [9.17, 15) is 9.59 Å². The smallest absolute Gasteiger partial charge is 0.319 e. The number of carbonyl (C=O) groups is 2. The topological polar surface area (TPSA) is 69.4 Å². The predicted molar refractivity (Wildman–Crippen MR) is 46.6 cm³/mol. The number of amides is 1. The third-order valence-corrected chi connectivity index (χ3v) is 3.15. The van der Waals surface area contributed by atoms with Crippen molar-refractivity contribution in [3.8, 4) is 0 Å². The maximum atomic E-state index is 11.3. The van der Waals surface area contributed by atoms with Gasteiger partial charge >= 0.3 is 5.97 Å². The van der Waals surface area contributed by atoms with Crippen molar-refractivity contribution in [2.24, 2.45) is 17.1 Å². The number of hydrogen-bond acceptors (Lipinski definition) is 3. The highest BCUT2D eigenvalue weighted by Gasteiger charge is 2.58. The number of cyclic esters (lactones) is 1. The van der Waals surface area contributed by atoms with Gasteiger partial charge in [0.05, 0.1) is 0 Å². The van der Waals surface area contributed by atoms with Crippen LogP contribution in [-0.4, -0.2) is 17.5 Å². The van der Waals surface area contributed by atoms with Gasteiger partial charge in [0.1, 0.15) is 11.5 Å². The van der Waals surface area contributed by atoms with E-state index < -0.39 is 28.8 Å². The van der Waals surface area contributed by atoms with Crippen molar-refractivity contribution in [2.75, 3.05) is 0 Å². The van der Waals surface area contributed by atoms with E-state index in [0.29, 0.717) is 0 Å². The van der Waals surface area contributed by atoms with Crippen LogP contribution in [0.25, 0.3) is 0 Å². The molecule has 0 aliphatic carbocycles. The molecule has 1 atom stereocenters. The molecule has 1 fully saturated rings. The van der Waals surface area contributed by atoms with Gasteiger partial charge in [-0.25, -0.2) is 0 Å². The second-order valence-corrected chi connectivity index (χ2v) is 4.49. The molecule has 1 rings (SSSR count). The monoisotopic (exact) mass is 185 g/mol. The molecule has 4 heteroatoms. The molecular formula is C9H15NO3. The fraction of sp³-hybridized carbons (Fsp3) is 0.778. The Balaban J connectivity index is 3.13. The van der Waals surface area contributed by atoms with Crippen LogP contribution < -0.4 is 5.73 Å². The molecule has 1 heterocycles. The summed E-state index contributed by atoms with van der Waals surface area (Å²) in [5.74, 6) is -1.95. The van der Waals surface area contributed by atoms with Gasteiger partial charge in [-0.2, -0.15) is 0 Å². The van der Waals surface area contributed by atoms with E-state index in [1.54, 1.807) is 13.8 Å². The quantitative estimate of drug-likeness (QED) is 0.476. The minimum absolute atomic E-state index is 0.512. The summed E-state index contributed by atoms with van der Waals surface area (Å²) in [4.78, 5) is 22.4. The van der Waals surface area contributed by atoms with Gasteiger partial charge in [0, 0.05) is 5.41 Å². The SMILES string of the molecule is CC1(C)OC(=O)C(C(N)=O)C1(C)C. The zero-order valence-electron chi connectivity index (χ0n) is 8.38. The first-order chi connectivity index (χ1) is 5.70. The van der Waals surface area contributed by atoms with Crippen LogP contribution in [0.1, 0.15) is 27.7 Å². The molecule has 1 aliphatic heterocycles. The maximum Gasteiger partial charge on any atom is 0.319 e. The van der Waals surface area contributed by atoms with Crippen molar-refractivity contribution in [3.05, 3.63) is 0 Å². The lowest BCUT2D eigenvalue weighted by Gasteiger charge is -2.33. The van der Waals surface area contributed by atoms with Crippen LogP contribution in [0, 0.1) is 11.3 Å². The predicted octanol–water partition coefficient (Wildman–Crippen LogP) is 0.449. The second kappa shape index (κ2) is 2.47. The summed E-state index contributed by atoms with van der Waals surface area (Å²) in [5.41, 5.74) is 3.96. The van der Waals surface area contributed by atoms with Crippen molar-refractivity contribution in [1.29, 1.82) is 0 Å². The summed E-state index contributed by atoms with van der Waals surface area (Å²) in [7, 11) is 0. The highest BCUT2D eigenvalue weighted by molar-refractivity contribution is 5.99. The molecule has 0 saturated carbocycles. The number of rotatable bonds is 1. The van der Waals surface area contributed by atoms with Gasteiger partial charge in [-0.1, -0.05) is 13.8 Å². The highest BCUT2D eigenvalue weighted by Crippen LogP contribution is 2.47. The third-order valence-electron chi connectivity index (χ3n) is 3.15. The molecule has 0 aromatic heterocycles. The molecule has 0 radical (unpaired) electrons. The molecule has 2 N–H and O–H groups in total. The molecule has 0 spiro atoms. The number of carbonyl (C=O) groups excluding carboxylic acids is 2. The number of hydrogen-bond donors (Lipinski definition) is 1. The van der Waals surface area contributed by atoms with E-state index in [0.717, 1.165) is 0 Å². The van der Waals surface area contributed by atoms with Gasteiger partial charge in [-0.15, -0.1) is 0 Å². The Labute approximate surface area is 77.4 Å². The molecule has 1 unspecified atom stereocenters. The molecule has 0 aromatic rings. The van der Waals surface area contributed by atoms with Crippen LogP contribution in [0.2, 0.25) is 0 Å². The van der Waals surface area contributed by atoms with E-state index >= 15 is 0 Å². The van der Waals surface area contributed by atoms with E-state index in [2.05, 4.69) is 0 Å². The molecule has 13 heavy (non-hydrogen) atoms. The number of primary amides is 1. The van der Waals surface area contributed by atoms with Gasteiger partial charge in [0.25, 0.3) is 0 Å². The fourth-order valence-electron chi connectivity index (χ4n) is 1.56. The molecule has 74 valence electrons. The average Bonchev–Trinajstić information content (AvgIpc) is 1.96. The van der Waals surface area contributed by atoms with Crippen molar-refractivity contribution in [3.63, 3.8) is 0 Å². The Hall–Kier alpha value is -1.06. The summed E-state index contributed by atoms with van der Waals surface area (Å²) >= 11 is 0. The van der Waals surface area contributed by atoms with Gasteiger partial charge in [-0.05, 0) is 13.8 Å². The van der Waals surface area contributed by atoms with Crippen LogP contribution in [0.5, 0.6) is 0 Å². The molecular weight excluding hydrogens is 170 g/mol. The van der Waals surface area contributed by atoms with Crippen molar-refractivity contribution < 1.29 is 14.3 Å². The standard InChI is InChI=1S/C9H15NO3/c1-8(2)5(6(10)11)7(12)13-9(8,3)4/h5H,1-4H3,(H2,10,11). The molecule has 0 aromatic carbocycles. The van der Waals surface area contributed by atoms with E-state index in [-0.39, 0.29) is 0 Å². The summed E-state index contributed by atoms with van der Waals surface area (Å²) in [6.07, 6.45) is 0. The first-order valence-electron chi connectivity index (χ1n) is 4.22. The van der Waals surface area contributed by atoms with E-state index in [4.69, 9.17) is 10.5 Å². The van der Waals surface area contributed by atoms with Crippen LogP contribution >= 0.6 is 0 Å². The van der Waals surface area contributed by atoms with Gasteiger partial charge in [0.15, 0.2) is 0 Å². The Bertz CT molecular complexity index is 268. The Morgan fingerprint density at radius 2 is 1.85 bits per heavy atom. The van der Waals surface area contributed by atoms with Gasteiger partial charge < -0.3 is 10.5 Å². The summed E-state index contributed by atoms with van der Waals surface area (Å²) < 4.78 is 5.10. The molecule has 0 bridgehead atoms. The third kappa shape index (κ3) is 1.20. The molecule has 1 saturated heterocycles. The Morgan fingerprint density at radius 3 is 2.00 bits per heavy atom. The van der Waals surface area contributed by atoms with E-state index in [1.165, 1.54) is 0 Å². The van der Waals surface area contributed by atoms with Gasteiger partial charge in [0.2, 0.25) is 5.91 Å². The van der Waals surface area contributed by atoms with Crippen molar-refractivity contribution in [1.82, 2.24) is 0 Å². The van der Waals surface area contributed by atoms with Crippen LogP contribution in [0.3, 0.4) is 0 Å². The summed E-state index contributed by atoms with van der Waals surface area (Å²) in [6, 6.07) is 0. The minimum Gasteiger partial charge on any atom is -0.458 e. The highest BCUT2D eigenvalue weighted by atomic mass is 16.6. The zero-order chi connectivity index (χ0) is 10.4. The zero-order valence-corrected chi connectivity index (χ0v) is 8.38. The molecule has 4 nitrogen and oxygen atoms in total. The lowest BCUT2D eigenvalue weighted by molar-refractivity contribution is -0.150. The summed E-state index contributed by atoms with van der Waals surface area (Å²) in [6.45, 7) is 7.20. The minimum atomic E-state index is -0.831. The maximum absolute atomic E-state index is 11.3. The first-order valence-corrected chi connectivity index (χ1v) is 4.22.